The molecule has 1 N–H and O–H groups in total. The van der Waals surface area contributed by atoms with Gasteiger partial charge in [0.2, 0.25) is 0 Å². The second-order valence-corrected chi connectivity index (χ2v) is 5.10. The van der Waals surface area contributed by atoms with Crippen LogP contribution in [0.1, 0.15) is 24.1 Å². The molecule has 0 aliphatic carbocycles. The second kappa shape index (κ2) is 6.41. The summed E-state index contributed by atoms with van der Waals surface area (Å²) in [4.78, 5) is 0. The molecule has 5 heteroatoms. The number of hydrogen-bond acceptors (Lipinski definition) is 1. The molecule has 20 heavy (non-hydrogen) atoms. The van der Waals surface area contributed by atoms with Crippen LogP contribution in [0, 0.1) is 17.5 Å². The molecule has 1 unspecified atom stereocenters. The fourth-order valence-corrected chi connectivity index (χ4v) is 2.61. The Hall–Kier alpha value is -1.33. The van der Waals surface area contributed by atoms with Gasteiger partial charge in [-0.25, -0.2) is 13.2 Å². The second-order valence-electron chi connectivity index (χ2n) is 4.31. The number of hydrogen-bond donors (Lipinski definition) is 1. The van der Waals surface area contributed by atoms with Crippen LogP contribution in [-0.4, -0.2) is 6.54 Å². The highest BCUT2D eigenvalue weighted by Gasteiger charge is 2.20. The molecule has 0 amide bonds. The SMILES string of the molecule is CCNC(c1cccc(F)c1)c1ccc(F)c(F)c1Br. The standard InChI is InChI=1S/C15H13BrF3N/c1-2-20-15(9-4-3-5-10(17)8-9)11-6-7-12(18)14(19)13(11)16/h3-8,15,20H,2H2,1H3. The highest BCUT2D eigenvalue weighted by atomic mass is 79.9. The average molecular weight is 344 g/mol. The van der Waals surface area contributed by atoms with E-state index >= 15 is 0 Å². The topological polar surface area (TPSA) is 12.0 Å². The van der Waals surface area contributed by atoms with Crippen molar-refractivity contribution in [3.05, 3.63) is 69.4 Å². The fraction of sp³-hybridized carbons (Fsp3) is 0.200. The molecule has 0 aliphatic rings. The molecule has 0 aromatic heterocycles. The lowest BCUT2D eigenvalue weighted by molar-refractivity contribution is 0.498. The van der Waals surface area contributed by atoms with E-state index in [1.165, 1.54) is 18.2 Å². The van der Waals surface area contributed by atoms with Crippen LogP contribution in [0.5, 0.6) is 0 Å². The molecule has 0 saturated carbocycles. The summed E-state index contributed by atoms with van der Waals surface area (Å²) in [6.45, 7) is 2.49. The van der Waals surface area contributed by atoms with Crippen LogP contribution in [0.4, 0.5) is 13.2 Å². The van der Waals surface area contributed by atoms with Crippen molar-refractivity contribution in [1.29, 1.82) is 0 Å². The number of rotatable bonds is 4. The first-order chi connectivity index (χ1) is 9.54. The quantitative estimate of drug-likeness (QED) is 0.802. The van der Waals surface area contributed by atoms with Crippen LogP contribution in [0.3, 0.4) is 0 Å². The molecule has 0 heterocycles. The molecule has 2 aromatic carbocycles. The molecule has 2 aromatic rings. The average Bonchev–Trinajstić information content (AvgIpc) is 2.43. The first-order valence-electron chi connectivity index (χ1n) is 6.16. The lowest BCUT2D eigenvalue weighted by Crippen LogP contribution is -2.23. The largest absolute Gasteiger partial charge is 0.306 e. The smallest absolute Gasteiger partial charge is 0.173 e. The van der Waals surface area contributed by atoms with Crippen molar-refractivity contribution in [3.63, 3.8) is 0 Å². The normalized spacial score (nSPS) is 12.4. The van der Waals surface area contributed by atoms with Crippen molar-refractivity contribution < 1.29 is 13.2 Å². The minimum atomic E-state index is -0.943. The molecule has 0 saturated heterocycles. The summed E-state index contributed by atoms with van der Waals surface area (Å²) in [7, 11) is 0. The molecule has 106 valence electrons. The molecule has 1 nitrogen and oxygen atoms in total. The number of benzene rings is 2. The molecule has 0 radical (unpaired) electrons. The summed E-state index contributed by atoms with van der Waals surface area (Å²) in [5.41, 5.74) is 1.18. The van der Waals surface area contributed by atoms with Gasteiger partial charge in [-0.1, -0.05) is 25.1 Å². The van der Waals surface area contributed by atoms with Crippen molar-refractivity contribution in [2.45, 2.75) is 13.0 Å². The van der Waals surface area contributed by atoms with Crippen LogP contribution < -0.4 is 5.32 Å². The zero-order chi connectivity index (χ0) is 14.7. The van der Waals surface area contributed by atoms with Crippen molar-refractivity contribution >= 4 is 15.9 Å². The molecule has 2 rings (SSSR count). The Morgan fingerprint density at radius 3 is 2.55 bits per heavy atom. The summed E-state index contributed by atoms with van der Waals surface area (Å²) in [5, 5.41) is 3.14. The molecule has 0 spiro atoms. The van der Waals surface area contributed by atoms with E-state index in [1.807, 2.05) is 6.92 Å². The maximum Gasteiger partial charge on any atom is 0.173 e. The lowest BCUT2D eigenvalue weighted by Gasteiger charge is -2.20. The Kier molecular flexibility index (Phi) is 4.83. The van der Waals surface area contributed by atoms with E-state index < -0.39 is 17.7 Å². The van der Waals surface area contributed by atoms with Gasteiger partial charge in [-0.2, -0.15) is 0 Å². The Labute approximate surface area is 123 Å². The third-order valence-corrected chi connectivity index (χ3v) is 3.77. The molecule has 0 fully saturated rings. The van der Waals surface area contributed by atoms with Crippen molar-refractivity contribution in [3.8, 4) is 0 Å². The Morgan fingerprint density at radius 2 is 1.90 bits per heavy atom. The van der Waals surface area contributed by atoms with Crippen LogP contribution >= 0.6 is 15.9 Å². The summed E-state index contributed by atoms with van der Waals surface area (Å²) in [5.74, 6) is -2.24. The van der Waals surface area contributed by atoms with E-state index in [0.29, 0.717) is 17.7 Å². The fourth-order valence-electron chi connectivity index (χ4n) is 2.06. The Morgan fingerprint density at radius 1 is 1.15 bits per heavy atom. The molecule has 0 aliphatic heterocycles. The van der Waals surface area contributed by atoms with E-state index in [-0.39, 0.29) is 10.3 Å². The van der Waals surface area contributed by atoms with Gasteiger partial charge in [0.1, 0.15) is 5.82 Å². The summed E-state index contributed by atoms with van der Waals surface area (Å²) >= 11 is 3.07. The van der Waals surface area contributed by atoms with Gasteiger partial charge in [0.15, 0.2) is 11.6 Å². The molecular formula is C15H13BrF3N. The summed E-state index contributed by atoms with van der Waals surface area (Å²) in [6.07, 6.45) is 0. The zero-order valence-corrected chi connectivity index (χ0v) is 12.3. The summed E-state index contributed by atoms with van der Waals surface area (Å²) in [6, 6.07) is 8.18. The number of halogens is 4. The predicted octanol–water partition coefficient (Wildman–Crippen LogP) is 4.57. The minimum absolute atomic E-state index is 0.0488. The van der Waals surface area contributed by atoms with Gasteiger partial charge in [0, 0.05) is 0 Å². The van der Waals surface area contributed by atoms with E-state index in [4.69, 9.17) is 0 Å². The predicted molar refractivity (Wildman–Crippen MR) is 76.0 cm³/mol. The van der Waals surface area contributed by atoms with Gasteiger partial charge in [-0.15, -0.1) is 0 Å². The Balaban J connectivity index is 2.51. The lowest BCUT2D eigenvalue weighted by atomic mass is 9.98. The van der Waals surface area contributed by atoms with Gasteiger partial charge in [0.25, 0.3) is 0 Å². The van der Waals surface area contributed by atoms with Crippen LogP contribution in [-0.2, 0) is 0 Å². The third-order valence-electron chi connectivity index (χ3n) is 2.97. The van der Waals surface area contributed by atoms with E-state index in [1.54, 1.807) is 12.1 Å². The minimum Gasteiger partial charge on any atom is -0.306 e. The van der Waals surface area contributed by atoms with Crippen molar-refractivity contribution in [2.24, 2.45) is 0 Å². The highest BCUT2D eigenvalue weighted by Crippen LogP contribution is 2.31. The maximum absolute atomic E-state index is 13.7. The third kappa shape index (κ3) is 3.04. The van der Waals surface area contributed by atoms with Gasteiger partial charge in [-0.3, -0.25) is 0 Å². The maximum atomic E-state index is 13.7. The highest BCUT2D eigenvalue weighted by molar-refractivity contribution is 9.10. The van der Waals surface area contributed by atoms with E-state index in [9.17, 15) is 13.2 Å². The van der Waals surface area contributed by atoms with Gasteiger partial charge >= 0.3 is 0 Å². The monoisotopic (exact) mass is 343 g/mol. The number of nitrogens with one attached hydrogen (secondary N) is 1. The van der Waals surface area contributed by atoms with Crippen molar-refractivity contribution in [1.82, 2.24) is 5.32 Å². The molecular weight excluding hydrogens is 331 g/mol. The van der Waals surface area contributed by atoms with Gasteiger partial charge in [0.05, 0.1) is 10.5 Å². The van der Waals surface area contributed by atoms with Gasteiger partial charge < -0.3 is 5.32 Å². The van der Waals surface area contributed by atoms with Crippen LogP contribution in [0.15, 0.2) is 40.9 Å². The van der Waals surface area contributed by atoms with E-state index in [2.05, 4.69) is 21.2 Å². The first kappa shape index (κ1) is 15.1. The van der Waals surface area contributed by atoms with Crippen molar-refractivity contribution in [2.75, 3.05) is 6.54 Å². The Bertz CT molecular complexity index is 616. The van der Waals surface area contributed by atoms with Gasteiger partial charge in [-0.05, 0) is 51.8 Å². The first-order valence-corrected chi connectivity index (χ1v) is 6.96. The summed E-state index contributed by atoms with van der Waals surface area (Å²) < 4.78 is 40.3. The molecule has 1 atom stereocenters. The zero-order valence-electron chi connectivity index (χ0n) is 10.8. The molecule has 0 bridgehead atoms. The van der Waals surface area contributed by atoms with Crippen LogP contribution in [0.2, 0.25) is 0 Å². The van der Waals surface area contributed by atoms with Crippen LogP contribution in [0.25, 0.3) is 0 Å². The van der Waals surface area contributed by atoms with E-state index in [0.717, 1.165) is 6.07 Å².